The third-order valence-corrected chi connectivity index (χ3v) is 6.02. The molecule has 0 radical (unpaired) electrons. The van der Waals surface area contributed by atoms with Crippen LogP contribution in [-0.4, -0.2) is 53.0 Å². The molecule has 0 aliphatic carbocycles. The van der Waals surface area contributed by atoms with E-state index in [1.807, 2.05) is 6.07 Å². The molecule has 0 aliphatic heterocycles. The smallest absolute Gasteiger partial charge is 0.465 e. The van der Waals surface area contributed by atoms with E-state index in [-0.39, 0.29) is 25.4 Å². The van der Waals surface area contributed by atoms with Gasteiger partial charge in [0.2, 0.25) is 12.4 Å². The fraction of sp³-hybridized carbons (Fsp3) is 0.471. The van der Waals surface area contributed by atoms with Gasteiger partial charge in [-0.1, -0.05) is 12.6 Å². The SMILES string of the molecule is C=C(CC(C(=O)OCC)C(=O)OCC)O[n+]1ccccc1.O=S(=O)([N-]S(=O)(=O)C(F)(F)F)C(F)(F)F. The van der Waals surface area contributed by atoms with Crippen molar-refractivity contribution in [2.75, 3.05) is 13.2 Å². The van der Waals surface area contributed by atoms with Crippen LogP contribution >= 0.6 is 0 Å². The number of sulfonamides is 2. The second kappa shape index (κ2) is 13.4. The average Bonchev–Trinajstić information content (AvgIpc) is 2.71. The highest BCUT2D eigenvalue weighted by Gasteiger charge is 2.47. The quantitative estimate of drug-likeness (QED) is 0.135. The molecule has 0 saturated carbocycles. The van der Waals surface area contributed by atoms with Crippen LogP contribution in [0.5, 0.6) is 0 Å². The Kier molecular flexibility index (Phi) is 12.3. The molecule has 0 unspecified atom stereocenters. The first kappa shape index (κ1) is 33.1. The van der Waals surface area contributed by atoms with E-state index in [0.717, 1.165) is 4.13 Å². The predicted molar refractivity (Wildman–Crippen MR) is 107 cm³/mol. The van der Waals surface area contributed by atoms with Gasteiger partial charge in [-0.2, -0.15) is 26.3 Å². The van der Waals surface area contributed by atoms with Crippen molar-refractivity contribution in [1.82, 2.24) is 0 Å². The summed E-state index contributed by atoms with van der Waals surface area (Å²) in [6.07, 6.45) is 3.35. The van der Waals surface area contributed by atoms with Gasteiger partial charge in [0.05, 0.1) is 13.2 Å². The minimum absolute atomic E-state index is 0.000436. The van der Waals surface area contributed by atoms with E-state index < -0.39 is 48.9 Å². The Morgan fingerprint density at radius 3 is 1.58 bits per heavy atom. The van der Waals surface area contributed by atoms with Gasteiger partial charge < -0.3 is 13.6 Å². The van der Waals surface area contributed by atoms with Crippen molar-refractivity contribution in [3.63, 3.8) is 0 Å². The van der Waals surface area contributed by atoms with Crippen molar-refractivity contribution in [3.05, 3.63) is 47.1 Å². The Hall–Kier alpha value is -2.93. The van der Waals surface area contributed by atoms with E-state index >= 15 is 0 Å². The van der Waals surface area contributed by atoms with Gasteiger partial charge in [0.15, 0.2) is 31.7 Å². The molecule has 0 spiro atoms. The summed E-state index contributed by atoms with van der Waals surface area (Å²) in [7, 11) is -13.4. The van der Waals surface area contributed by atoms with Gasteiger partial charge in [-0.25, -0.2) is 21.7 Å². The van der Waals surface area contributed by atoms with Gasteiger partial charge in [-0.3, -0.25) is 9.59 Å². The molecule has 206 valence electrons. The fourth-order valence-corrected chi connectivity index (χ4v) is 3.53. The molecule has 0 bridgehead atoms. The summed E-state index contributed by atoms with van der Waals surface area (Å²) >= 11 is 0. The summed E-state index contributed by atoms with van der Waals surface area (Å²) in [4.78, 5) is 29.0. The van der Waals surface area contributed by atoms with Crippen LogP contribution in [-0.2, 0) is 39.1 Å². The minimum Gasteiger partial charge on any atom is -0.465 e. The van der Waals surface area contributed by atoms with Gasteiger partial charge in [-0.15, -0.1) is 0 Å². The maximum Gasteiger partial charge on any atom is 0.480 e. The number of carbonyl (C=O) groups excluding carboxylic acids is 2. The Bertz CT molecular complexity index is 1050. The molecular weight excluding hydrogens is 554 g/mol. The van der Waals surface area contributed by atoms with Crippen LogP contribution in [0, 0.1) is 5.92 Å². The molecule has 19 heteroatoms. The van der Waals surface area contributed by atoms with Crippen LogP contribution in [0.3, 0.4) is 0 Å². The number of allylic oxidation sites excluding steroid dienone is 1. The van der Waals surface area contributed by atoms with E-state index in [1.165, 1.54) is 4.73 Å². The first-order valence-electron chi connectivity index (χ1n) is 9.31. The lowest BCUT2D eigenvalue weighted by atomic mass is 10.1. The van der Waals surface area contributed by atoms with Crippen molar-refractivity contribution < 1.29 is 71.8 Å². The molecule has 0 amide bonds. The monoisotopic (exact) mass is 574 g/mol. The highest BCUT2D eigenvalue weighted by Crippen LogP contribution is 2.36. The molecular formula is C17H20F6N2O9S2. The number of ether oxygens (including phenoxy) is 2. The van der Waals surface area contributed by atoms with Gasteiger partial charge in [0.1, 0.15) is 0 Å². The maximum absolute atomic E-state index is 11.8. The minimum atomic E-state index is -6.72. The van der Waals surface area contributed by atoms with Crippen LogP contribution in [0.4, 0.5) is 26.3 Å². The van der Waals surface area contributed by atoms with Gasteiger partial charge in [0, 0.05) is 23.3 Å². The lowest BCUT2D eigenvalue weighted by molar-refractivity contribution is -0.880. The first-order chi connectivity index (χ1) is 16.3. The van der Waals surface area contributed by atoms with Gasteiger partial charge >= 0.3 is 23.0 Å². The molecule has 1 heterocycles. The number of aromatic nitrogens is 1. The molecule has 0 saturated heterocycles. The van der Waals surface area contributed by atoms with E-state index in [2.05, 4.69) is 6.58 Å². The number of halogens is 6. The van der Waals surface area contributed by atoms with Crippen LogP contribution in [0.15, 0.2) is 42.9 Å². The van der Waals surface area contributed by atoms with Crippen molar-refractivity contribution in [2.45, 2.75) is 31.3 Å². The lowest BCUT2D eigenvalue weighted by Crippen LogP contribution is -2.42. The molecule has 0 aromatic carbocycles. The van der Waals surface area contributed by atoms with Crippen molar-refractivity contribution in [2.24, 2.45) is 5.92 Å². The zero-order valence-electron chi connectivity index (χ0n) is 18.4. The number of pyridine rings is 1. The van der Waals surface area contributed by atoms with Crippen molar-refractivity contribution in [3.8, 4) is 0 Å². The number of carbonyl (C=O) groups is 2. The molecule has 1 rings (SSSR count). The molecule has 0 fully saturated rings. The number of rotatable bonds is 10. The van der Waals surface area contributed by atoms with Gasteiger partial charge in [-0.05, 0) is 13.8 Å². The second-order valence-electron chi connectivity index (χ2n) is 6.04. The number of esters is 2. The molecule has 1 aromatic rings. The summed E-state index contributed by atoms with van der Waals surface area (Å²) < 4.78 is 120. The standard InChI is InChI=1S/C15H20NO5.C2F6NO4S2/c1-4-19-14(17)13(15(18)20-5-2)11-12(3)21-16-9-7-6-8-10-16;3-1(4,5)14(10,11)9-15(12,13)2(6,7)8/h6-10,13H,3-5,11H2,1-2H3;/q+1;-1. The summed E-state index contributed by atoms with van der Waals surface area (Å²) in [5.41, 5.74) is -12.4. The Morgan fingerprint density at radius 2 is 1.25 bits per heavy atom. The topological polar surface area (TPSA) is 148 Å². The van der Waals surface area contributed by atoms with E-state index in [0.29, 0.717) is 0 Å². The zero-order chi connectivity index (χ0) is 28.4. The highest BCUT2D eigenvalue weighted by atomic mass is 32.3. The second-order valence-corrected chi connectivity index (χ2v) is 9.46. The van der Waals surface area contributed by atoms with Crippen LogP contribution in [0.1, 0.15) is 20.3 Å². The molecule has 0 atom stereocenters. The lowest BCUT2D eigenvalue weighted by Gasteiger charge is -2.22. The summed E-state index contributed by atoms with van der Waals surface area (Å²) in [5, 5.41) is 0. The summed E-state index contributed by atoms with van der Waals surface area (Å²) in [5.74, 6) is -2.09. The number of alkyl halides is 6. The fourth-order valence-electron chi connectivity index (χ4n) is 1.82. The normalized spacial score (nSPS) is 12.2. The number of hydrogen-bond donors (Lipinski definition) is 0. The third-order valence-electron chi connectivity index (χ3n) is 3.28. The van der Waals surface area contributed by atoms with Crippen LogP contribution < -0.4 is 9.57 Å². The van der Waals surface area contributed by atoms with Crippen LogP contribution in [0.25, 0.3) is 4.13 Å². The number of nitrogens with zero attached hydrogens (tertiary/aromatic N) is 2. The largest absolute Gasteiger partial charge is 0.480 e. The number of hydrogen-bond acceptors (Lipinski definition) is 9. The van der Waals surface area contributed by atoms with E-state index in [4.69, 9.17) is 14.3 Å². The molecule has 11 nitrogen and oxygen atoms in total. The van der Waals surface area contributed by atoms with Gasteiger partial charge in [0.25, 0.3) is 0 Å². The van der Waals surface area contributed by atoms with Crippen LogP contribution in [0.2, 0.25) is 0 Å². The van der Waals surface area contributed by atoms with Crippen molar-refractivity contribution in [1.29, 1.82) is 0 Å². The molecule has 1 aromatic heterocycles. The van der Waals surface area contributed by atoms with Crippen molar-refractivity contribution >= 4 is 32.0 Å². The predicted octanol–water partition coefficient (Wildman–Crippen LogP) is 2.11. The van der Waals surface area contributed by atoms with E-state index in [9.17, 15) is 52.8 Å². The molecule has 36 heavy (non-hydrogen) atoms. The maximum atomic E-state index is 11.8. The Balaban J connectivity index is 0.000000723. The average molecular weight is 574 g/mol. The highest BCUT2D eigenvalue weighted by molar-refractivity contribution is 8.13. The Labute approximate surface area is 201 Å². The molecule has 0 N–H and O–H groups in total. The summed E-state index contributed by atoms with van der Waals surface area (Å²) in [6, 6.07) is 5.39. The molecule has 0 aliphatic rings. The van der Waals surface area contributed by atoms with E-state index in [1.54, 1.807) is 38.4 Å². The zero-order valence-corrected chi connectivity index (χ0v) is 20.1. The third kappa shape index (κ3) is 10.8. The summed E-state index contributed by atoms with van der Waals surface area (Å²) in [6.45, 7) is 7.44. The Morgan fingerprint density at radius 1 is 0.861 bits per heavy atom. The first-order valence-corrected chi connectivity index (χ1v) is 12.2.